The Bertz CT molecular complexity index is 996. The second kappa shape index (κ2) is 6.42. The molecule has 0 saturated heterocycles. The highest BCUT2D eigenvalue weighted by atomic mass is 32.2. The molecule has 144 valence electrons. The standard InChI is InChI=1S/C20H23NO5S/c1-13-11-19(14(2)10-17(13)24-3)27(22,23)21-20(6-7-20)15-4-5-16-18(12-15)26-9-8-25-16/h4-5,10-12,21H,6-9H2,1-3H3. The number of nitrogens with one attached hydrogen (secondary N) is 1. The van der Waals surface area contributed by atoms with Crippen molar-refractivity contribution < 1.29 is 22.6 Å². The van der Waals surface area contributed by atoms with Gasteiger partial charge in [0.05, 0.1) is 17.5 Å². The minimum atomic E-state index is -3.68. The lowest BCUT2D eigenvalue weighted by Gasteiger charge is -2.23. The van der Waals surface area contributed by atoms with Crippen molar-refractivity contribution >= 4 is 10.0 Å². The minimum Gasteiger partial charge on any atom is -0.496 e. The Morgan fingerprint density at radius 1 is 1.00 bits per heavy atom. The van der Waals surface area contributed by atoms with Crippen LogP contribution in [0.5, 0.6) is 17.2 Å². The minimum absolute atomic E-state index is 0.282. The van der Waals surface area contributed by atoms with Crippen molar-refractivity contribution in [3.05, 3.63) is 47.0 Å². The molecular weight excluding hydrogens is 366 g/mol. The first-order valence-corrected chi connectivity index (χ1v) is 10.4. The Morgan fingerprint density at radius 3 is 2.37 bits per heavy atom. The van der Waals surface area contributed by atoms with Crippen LogP contribution in [0.2, 0.25) is 0 Å². The molecule has 27 heavy (non-hydrogen) atoms. The fourth-order valence-corrected chi connectivity index (χ4v) is 5.26. The number of fused-ring (bicyclic) bond motifs is 1. The quantitative estimate of drug-likeness (QED) is 0.851. The second-order valence-corrected chi connectivity index (χ2v) is 8.78. The van der Waals surface area contributed by atoms with Crippen LogP contribution in [0.25, 0.3) is 0 Å². The van der Waals surface area contributed by atoms with E-state index >= 15 is 0 Å². The summed E-state index contributed by atoms with van der Waals surface area (Å²) in [6, 6.07) is 9.07. The van der Waals surface area contributed by atoms with E-state index in [9.17, 15) is 8.42 Å². The highest BCUT2D eigenvalue weighted by Crippen LogP contribution is 2.49. The predicted octanol–water partition coefficient (Wildman–Crippen LogP) is 3.05. The molecule has 1 heterocycles. The van der Waals surface area contributed by atoms with E-state index in [1.54, 1.807) is 26.2 Å². The second-order valence-electron chi connectivity index (χ2n) is 7.13. The van der Waals surface area contributed by atoms with Gasteiger partial charge in [-0.25, -0.2) is 13.1 Å². The van der Waals surface area contributed by atoms with E-state index in [1.807, 2.05) is 25.1 Å². The van der Waals surface area contributed by atoms with Gasteiger partial charge in [0.25, 0.3) is 0 Å². The van der Waals surface area contributed by atoms with Gasteiger partial charge in [-0.2, -0.15) is 0 Å². The van der Waals surface area contributed by atoms with Crippen molar-refractivity contribution in [2.24, 2.45) is 0 Å². The van der Waals surface area contributed by atoms with Gasteiger partial charge in [0.15, 0.2) is 11.5 Å². The van der Waals surface area contributed by atoms with E-state index in [2.05, 4.69) is 4.72 Å². The maximum Gasteiger partial charge on any atom is 0.241 e. The molecule has 2 aliphatic rings. The molecule has 1 saturated carbocycles. The van der Waals surface area contributed by atoms with Gasteiger partial charge in [-0.05, 0) is 67.6 Å². The highest BCUT2D eigenvalue weighted by Gasteiger charge is 2.48. The molecule has 0 atom stereocenters. The van der Waals surface area contributed by atoms with E-state index in [0.717, 1.165) is 24.0 Å². The van der Waals surface area contributed by atoms with Gasteiger partial charge in [-0.15, -0.1) is 0 Å². The molecule has 0 radical (unpaired) electrons. The molecule has 0 unspecified atom stereocenters. The summed E-state index contributed by atoms with van der Waals surface area (Å²) in [7, 11) is -2.10. The van der Waals surface area contributed by atoms with Gasteiger partial charge in [-0.1, -0.05) is 6.07 Å². The van der Waals surface area contributed by atoms with Gasteiger partial charge in [0.1, 0.15) is 19.0 Å². The molecule has 1 aliphatic heterocycles. The van der Waals surface area contributed by atoms with Crippen molar-refractivity contribution in [1.82, 2.24) is 4.72 Å². The van der Waals surface area contributed by atoms with Crippen LogP contribution < -0.4 is 18.9 Å². The first-order chi connectivity index (χ1) is 12.8. The Morgan fingerprint density at radius 2 is 1.70 bits per heavy atom. The topological polar surface area (TPSA) is 73.9 Å². The van der Waals surface area contributed by atoms with E-state index in [1.165, 1.54) is 0 Å². The van der Waals surface area contributed by atoms with Crippen molar-refractivity contribution in [3.63, 3.8) is 0 Å². The van der Waals surface area contributed by atoms with Crippen LogP contribution in [-0.4, -0.2) is 28.7 Å². The Balaban J connectivity index is 1.66. The van der Waals surface area contributed by atoms with Crippen LogP contribution in [0, 0.1) is 13.8 Å². The molecule has 2 aromatic carbocycles. The van der Waals surface area contributed by atoms with Gasteiger partial charge in [0, 0.05) is 0 Å². The molecule has 6 nitrogen and oxygen atoms in total. The third-order valence-electron chi connectivity index (χ3n) is 5.16. The Kier molecular flexibility index (Phi) is 4.31. The molecular formula is C20H23NO5S. The normalized spacial score (nSPS) is 17.4. The van der Waals surface area contributed by atoms with Gasteiger partial charge < -0.3 is 14.2 Å². The summed E-state index contributed by atoms with van der Waals surface area (Å²) in [5.74, 6) is 2.05. The third kappa shape index (κ3) is 3.26. The van der Waals surface area contributed by atoms with Gasteiger partial charge in [-0.3, -0.25) is 0 Å². The van der Waals surface area contributed by atoms with E-state index in [4.69, 9.17) is 14.2 Å². The monoisotopic (exact) mass is 389 g/mol. The molecule has 1 N–H and O–H groups in total. The average molecular weight is 389 g/mol. The first kappa shape index (κ1) is 18.1. The molecule has 7 heteroatoms. The van der Waals surface area contributed by atoms with Crippen LogP contribution in [-0.2, 0) is 15.6 Å². The lowest BCUT2D eigenvalue weighted by molar-refractivity contribution is 0.171. The smallest absolute Gasteiger partial charge is 0.241 e. The van der Waals surface area contributed by atoms with Crippen molar-refractivity contribution in [1.29, 1.82) is 0 Å². The molecule has 0 amide bonds. The van der Waals surface area contributed by atoms with Crippen LogP contribution in [0.4, 0.5) is 0 Å². The zero-order chi connectivity index (χ0) is 19.2. The number of aryl methyl sites for hydroxylation is 2. The molecule has 0 aromatic heterocycles. The highest BCUT2D eigenvalue weighted by molar-refractivity contribution is 7.89. The zero-order valence-corrected chi connectivity index (χ0v) is 16.5. The van der Waals surface area contributed by atoms with E-state index in [-0.39, 0.29) is 4.90 Å². The molecule has 4 rings (SSSR count). The van der Waals surface area contributed by atoms with Crippen LogP contribution >= 0.6 is 0 Å². The van der Waals surface area contributed by atoms with Crippen molar-refractivity contribution in [2.75, 3.05) is 20.3 Å². The fraction of sp³-hybridized carbons (Fsp3) is 0.400. The average Bonchev–Trinajstić information content (AvgIpc) is 3.42. The molecule has 2 aromatic rings. The number of benzene rings is 2. The molecule has 0 bridgehead atoms. The van der Waals surface area contributed by atoms with Crippen LogP contribution in [0.3, 0.4) is 0 Å². The lowest BCUT2D eigenvalue weighted by atomic mass is 10.1. The Labute approximate surface area is 159 Å². The number of sulfonamides is 1. The lowest BCUT2D eigenvalue weighted by Crippen LogP contribution is -2.35. The van der Waals surface area contributed by atoms with Gasteiger partial charge >= 0.3 is 0 Å². The SMILES string of the molecule is COc1cc(C)c(S(=O)(=O)NC2(c3ccc4c(c3)OCCO4)CC2)cc1C. The first-order valence-electron chi connectivity index (χ1n) is 8.94. The van der Waals surface area contributed by atoms with E-state index < -0.39 is 15.6 Å². The number of hydrogen-bond donors (Lipinski definition) is 1. The number of methoxy groups -OCH3 is 1. The molecule has 0 spiro atoms. The predicted molar refractivity (Wildman–Crippen MR) is 101 cm³/mol. The molecule has 1 fully saturated rings. The summed E-state index contributed by atoms with van der Waals surface area (Å²) in [6.45, 7) is 4.64. The fourth-order valence-electron chi connectivity index (χ4n) is 3.50. The largest absolute Gasteiger partial charge is 0.496 e. The van der Waals surface area contributed by atoms with Crippen LogP contribution in [0.15, 0.2) is 35.2 Å². The summed E-state index contributed by atoms with van der Waals surface area (Å²) >= 11 is 0. The zero-order valence-electron chi connectivity index (χ0n) is 15.7. The summed E-state index contributed by atoms with van der Waals surface area (Å²) in [5, 5.41) is 0. The van der Waals surface area contributed by atoms with Crippen molar-refractivity contribution in [2.45, 2.75) is 37.1 Å². The van der Waals surface area contributed by atoms with E-state index in [0.29, 0.717) is 36.0 Å². The number of ether oxygens (including phenoxy) is 3. The summed E-state index contributed by atoms with van der Waals surface area (Å²) in [5.41, 5.74) is 1.75. The summed E-state index contributed by atoms with van der Waals surface area (Å²) < 4.78 is 45.6. The molecule has 1 aliphatic carbocycles. The summed E-state index contributed by atoms with van der Waals surface area (Å²) in [6.07, 6.45) is 1.50. The maximum atomic E-state index is 13.1. The van der Waals surface area contributed by atoms with Gasteiger partial charge in [0.2, 0.25) is 10.0 Å². The van der Waals surface area contributed by atoms with Crippen molar-refractivity contribution in [3.8, 4) is 17.2 Å². The summed E-state index contributed by atoms with van der Waals surface area (Å²) in [4.78, 5) is 0.282. The maximum absolute atomic E-state index is 13.1. The number of rotatable bonds is 5. The third-order valence-corrected chi connectivity index (χ3v) is 6.83. The number of hydrogen-bond acceptors (Lipinski definition) is 5. The van der Waals surface area contributed by atoms with Crippen LogP contribution in [0.1, 0.15) is 29.5 Å². The Hall–Kier alpha value is -2.25.